The van der Waals surface area contributed by atoms with Gasteiger partial charge in [0, 0.05) is 17.1 Å². The first-order valence-corrected chi connectivity index (χ1v) is 12.4. The Morgan fingerprint density at radius 3 is 2.13 bits per heavy atom. The van der Waals surface area contributed by atoms with E-state index >= 15 is 0 Å². The molecule has 9 heteroatoms. The highest BCUT2D eigenvalue weighted by molar-refractivity contribution is 7.99. The summed E-state index contributed by atoms with van der Waals surface area (Å²) in [5.74, 6) is -0.873. The minimum atomic E-state index is -4.45. The topological polar surface area (TPSA) is 54.4 Å². The van der Waals surface area contributed by atoms with Crippen LogP contribution in [0.1, 0.15) is 28.5 Å². The number of quaternary nitrogens is 1. The highest BCUT2D eigenvalue weighted by Gasteiger charge is 2.47. The van der Waals surface area contributed by atoms with Crippen molar-refractivity contribution in [3.63, 3.8) is 0 Å². The molecule has 1 N–H and O–H groups in total. The van der Waals surface area contributed by atoms with Gasteiger partial charge < -0.3 is 4.48 Å². The van der Waals surface area contributed by atoms with Crippen LogP contribution in [-0.2, 0) is 16.3 Å². The molecule has 0 saturated carbocycles. The number of alkyl halides is 3. The molecule has 164 valence electrons. The van der Waals surface area contributed by atoms with Gasteiger partial charge in [-0.3, -0.25) is 4.55 Å². The highest BCUT2D eigenvalue weighted by atomic mass is 32.2. The Hall–Kier alpha value is -1.55. The van der Waals surface area contributed by atoms with Gasteiger partial charge >= 0.3 is 16.3 Å². The lowest BCUT2D eigenvalue weighted by Gasteiger charge is -2.48. The van der Waals surface area contributed by atoms with Crippen molar-refractivity contribution in [2.45, 2.75) is 23.3 Å². The van der Waals surface area contributed by atoms with Gasteiger partial charge in [0.2, 0.25) is 5.88 Å². The third kappa shape index (κ3) is 5.38. The van der Waals surface area contributed by atoms with Gasteiger partial charge in [0.05, 0.1) is 25.7 Å². The highest BCUT2D eigenvalue weighted by Crippen LogP contribution is 2.45. The molecule has 3 rings (SSSR count). The molecule has 30 heavy (non-hydrogen) atoms. The second-order valence-electron chi connectivity index (χ2n) is 8.14. The largest absolute Gasteiger partial charge is 0.416 e. The van der Waals surface area contributed by atoms with Gasteiger partial charge in [-0.15, -0.1) is 0 Å². The first-order valence-electron chi connectivity index (χ1n) is 9.45. The van der Waals surface area contributed by atoms with Crippen LogP contribution in [0.3, 0.4) is 0 Å². The summed E-state index contributed by atoms with van der Waals surface area (Å²) in [7, 11) is -2.53. The normalized spacial score (nSPS) is 27.7. The van der Waals surface area contributed by atoms with Crippen molar-refractivity contribution in [2.24, 2.45) is 0 Å². The van der Waals surface area contributed by atoms with E-state index in [-0.39, 0.29) is 21.6 Å². The van der Waals surface area contributed by atoms with Crippen LogP contribution in [0.2, 0.25) is 0 Å². The van der Waals surface area contributed by atoms with Crippen LogP contribution in [0.4, 0.5) is 13.2 Å². The van der Waals surface area contributed by atoms with Gasteiger partial charge in [0.15, 0.2) is 0 Å². The van der Waals surface area contributed by atoms with Crippen molar-refractivity contribution < 1.29 is 30.6 Å². The molecule has 2 aromatic carbocycles. The van der Waals surface area contributed by atoms with Crippen LogP contribution < -0.4 is 0 Å². The predicted molar refractivity (Wildman–Crippen MR) is 113 cm³/mol. The van der Waals surface area contributed by atoms with E-state index in [9.17, 15) is 26.1 Å². The first kappa shape index (κ1) is 23.1. The van der Waals surface area contributed by atoms with E-state index in [1.807, 2.05) is 36.6 Å². The van der Waals surface area contributed by atoms with E-state index in [4.69, 9.17) is 0 Å². The van der Waals surface area contributed by atoms with E-state index in [0.29, 0.717) is 18.7 Å². The molecule has 0 radical (unpaired) electrons. The summed E-state index contributed by atoms with van der Waals surface area (Å²) in [6, 6.07) is 14.9. The average molecular weight is 461 g/mol. The van der Waals surface area contributed by atoms with E-state index in [2.05, 4.69) is 0 Å². The molecule has 2 aromatic rings. The number of piperidine rings is 1. The molecule has 0 aliphatic carbocycles. The van der Waals surface area contributed by atoms with E-state index in [0.717, 1.165) is 11.6 Å². The van der Waals surface area contributed by atoms with Crippen molar-refractivity contribution in [3.05, 3.63) is 71.3 Å². The van der Waals surface area contributed by atoms with Crippen molar-refractivity contribution in [1.82, 2.24) is 0 Å². The van der Waals surface area contributed by atoms with E-state index in [1.165, 1.54) is 12.1 Å². The number of hydrogen-bond acceptors (Lipinski definition) is 3. The van der Waals surface area contributed by atoms with Crippen molar-refractivity contribution in [3.8, 4) is 0 Å². The number of benzene rings is 2. The Morgan fingerprint density at radius 1 is 1.03 bits per heavy atom. The summed E-state index contributed by atoms with van der Waals surface area (Å²) < 4.78 is 72.9. The fraction of sp³-hybridized carbons (Fsp3) is 0.429. The van der Waals surface area contributed by atoms with Gasteiger partial charge in [-0.05, 0) is 23.4 Å². The molecule has 1 aliphatic rings. The maximum absolute atomic E-state index is 13.3. The molecule has 4 nitrogen and oxygen atoms in total. The quantitative estimate of drug-likeness (QED) is 0.523. The van der Waals surface area contributed by atoms with Crippen LogP contribution in [0, 0.1) is 0 Å². The Labute approximate surface area is 179 Å². The molecule has 1 saturated heterocycles. The fourth-order valence-electron chi connectivity index (χ4n) is 4.58. The SMILES string of the molecule is CSC1C(c2ccccc2)C[N+](C)(CS(=O)(=O)O)CC1c1cccc(C(F)(F)F)c1. The van der Waals surface area contributed by atoms with Crippen LogP contribution in [-0.4, -0.2) is 55.0 Å². The van der Waals surface area contributed by atoms with E-state index in [1.54, 1.807) is 24.9 Å². The molecule has 1 heterocycles. The number of likely N-dealkylation sites (tertiary alicyclic amines) is 1. The number of halogens is 3. The Balaban J connectivity index is 2.09. The fourth-order valence-corrected chi connectivity index (χ4v) is 6.72. The summed E-state index contributed by atoms with van der Waals surface area (Å²) in [6.45, 7) is 0.778. The second kappa shape index (κ2) is 8.53. The molecule has 0 amide bonds. The number of nitrogens with zero attached hydrogens (tertiary/aromatic N) is 1. The third-order valence-electron chi connectivity index (χ3n) is 5.68. The van der Waals surface area contributed by atoms with Gasteiger partial charge in [-0.25, -0.2) is 0 Å². The van der Waals surface area contributed by atoms with Gasteiger partial charge in [-0.1, -0.05) is 48.5 Å². The van der Waals surface area contributed by atoms with Crippen LogP contribution in [0.25, 0.3) is 0 Å². The lowest BCUT2D eigenvalue weighted by molar-refractivity contribution is -0.905. The monoisotopic (exact) mass is 460 g/mol. The summed E-state index contributed by atoms with van der Waals surface area (Å²) in [5, 5.41) is -0.0384. The van der Waals surface area contributed by atoms with Crippen LogP contribution >= 0.6 is 11.8 Å². The second-order valence-corrected chi connectivity index (χ2v) is 10.6. The standard InChI is InChI=1S/C21H24F3NO3S2/c1-25(14-30(26,27)28)12-18(15-7-4-3-5-8-15)20(29-2)19(13-25)16-9-6-10-17(11-16)21(22,23)24/h3-11,18-20H,12-14H2,1-2H3/p+1. The molecule has 1 aliphatic heterocycles. The summed E-state index contributed by atoms with van der Waals surface area (Å²) in [6.07, 6.45) is -2.52. The lowest BCUT2D eigenvalue weighted by atomic mass is 9.79. The summed E-state index contributed by atoms with van der Waals surface area (Å²) in [5.41, 5.74) is 0.823. The summed E-state index contributed by atoms with van der Waals surface area (Å²) >= 11 is 1.58. The maximum Gasteiger partial charge on any atom is 0.416 e. The number of rotatable bonds is 5. The minimum Gasteiger partial charge on any atom is -0.310 e. The van der Waals surface area contributed by atoms with Crippen molar-refractivity contribution in [1.29, 1.82) is 0 Å². The lowest BCUT2D eigenvalue weighted by Crippen LogP contribution is -2.58. The third-order valence-corrected chi connectivity index (χ3v) is 7.84. The molecular formula is C21H25F3NO3S2+. The van der Waals surface area contributed by atoms with Crippen LogP contribution in [0.15, 0.2) is 54.6 Å². The molecule has 4 atom stereocenters. The Morgan fingerprint density at radius 2 is 1.60 bits per heavy atom. The molecular weight excluding hydrogens is 435 g/mol. The van der Waals surface area contributed by atoms with Gasteiger partial charge in [-0.2, -0.15) is 33.4 Å². The first-order chi connectivity index (χ1) is 13.9. The van der Waals surface area contributed by atoms with Gasteiger partial charge in [0.1, 0.15) is 0 Å². The Bertz CT molecular complexity index is 982. The number of likely N-dealkylation sites (N-methyl/N-ethyl adjacent to an activating group) is 1. The smallest absolute Gasteiger partial charge is 0.310 e. The average Bonchev–Trinajstić information content (AvgIpc) is 2.66. The number of hydrogen-bond donors (Lipinski definition) is 1. The zero-order valence-electron chi connectivity index (χ0n) is 16.7. The molecule has 0 bridgehead atoms. The molecule has 4 unspecified atom stereocenters. The Kier molecular flexibility index (Phi) is 6.57. The van der Waals surface area contributed by atoms with Gasteiger partial charge in [0.25, 0.3) is 0 Å². The van der Waals surface area contributed by atoms with E-state index < -0.39 is 27.7 Å². The molecule has 0 aromatic heterocycles. The number of thioether (sulfide) groups is 1. The molecule has 1 fully saturated rings. The predicted octanol–water partition coefficient (Wildman–Crippen LogP) is 4.61. The zero-order valence-corrected chi connectivity index (χ0v) is 18.3. The maximum atomic E-state index is 13.3. The van der Waals surface area contributed by atoms with Crippen LogP contribution in [0.5, 0.6) is 0 Å². The zero-order chi connectivity index (χ0) is 22.2. The van der Waals surface area contributed by atoms with Crippen molar-refractivity contribution >= 4 is 21.9 Å². The summed E-state index contributed by atoms with van der Waals surface area (Å²) in [4.78, 5) is 0. The molecule has 0 spiro atoms. The minimum absolute atomic E-state index is 0.0242. The van der Waals surface area contributed by atoms with Crippen molar-refractivity contribution in [2.75, 3.05) is 32.3 Å².